The molecule has 4 rings (SSSR count). The number of hydrogen-bond acceptors (Lipinski definition) is 5. The number of methoxy groups -OCH3 is 1. The van der Waals surface area contributed by atoms with Crippen LogP contribution >= 0.6 is 0 Å². The van der Waals surface area contributed by atoms with Gasteiger partial charge in [-0.2, -0.15) is 5.26 Å². The maximum Gasteiger partial charge on any atom is 0.403 e. The lowest BCUT2D eigenvalue weighted by Gasteiger charge is -2.17. The molecule has 33 heavy (non-hydrogen) atoms. The van der Waals surface area contributed by atoms with E-state index >= 15 is 0 Å². The summed E-state index contributed by atoms with van der Waals surface area (Å²) in [5.74, 6) is 0.618. The topological polar surface area (TPSA) is 87.0 Å². The minimum Gasteiger partial charge on any atom is -0.616 e. The maximum atomic E-state index is 13.3. The molecular formula is C26H26N4O3. The summed E-state index contributed by atoms with van der Waals surface area (Å²) in [6.45, 7) is 4.56. The molecule has 7 heteroatoms. The predicted octanol–water partition coefficient (Wildman–Crippen LogP) is 4.38. The first kappa shape index (κ1) is 22.2. The smallest absolute Gasteiger partial charge is 0.403 e. The number of aromatic nitrogens is 3. The van der Waals surface area contributed by atoms with Crippen LogP contribution in [0, 0.1) is 22.5 Å². The van der Waals surface area contributed by atoms with Gasteiger partial charge in [-0.25, -0.2) is 4.98 Å². The lowest BCUT2D eigenvalue weighted by Crippen LogP contribution is -2.37. The quantitative estimate of drug-likeness (QED) is 0.299. The van der Waals surface area contributed by atoms with E-state index in [1.807, 2.05) is 79.1 Å². The number of rotatable bonds is 8. The maximum absolute atomic E-state index is 13.3. The number of ether oxygens (including phenoxy) is 2. The fraction of sp³-hybridized carbons (Fsp3) is 0.269. The van der Waals surface area contributed by atoms with Crippen molar-refractivity contribution in [1.82, 2.24) is 9.55 Å². The molecule has 0 atom stereocenters. The lowest BCUT2D eigenvalue weighted by atomic mass is 10.1. The highest BCUT2D eigenvalue weighted by atomic mass is 16.5. The Hall–Kier alpha value is -4.05. The van der Waals surface area contributed by atoms with Crippen molar-refractivity contribution in [3.8, 4) is 17.8 Å². The van der Waals surface area contributed by atoms with Crippen LogP contribution < -0.4 is 14.2 Å². The fourth-order valence-corrected chi connectivity index (χ4v) is 3.89. The van der Waals surface area contributed by atoms with Crippen LogP contribution in [0.2, 0.25) is 0 Å². The number of benzene rings is 2. The van der Waals surface area contributed by atoms with E-state index in [1.54, 1.807) is 0 Å². The third kappa shape index (κ3) is 4.60. The van der Waals surface area contributed by atoms with Crippen LogP contribution in [0.4, 0.5) is 0 Å². The molecule has 7 nitrogen and oxygen atoms in total. The highest BCUT2D eigenvalue weighted by molar-refractivity contribution is 5.82. The first-order valence-corrected chi connectivity index (χ1v) is 10.9. The molecule has 2 heterocycles. The Labute approximate surface area is 193 Å². The van der Waals surface area contributed by atoms with Gasteiger partial charge in [0.05, 0.1) is 13.7 Å². The van der Waals surface area contributed by atoms with Crippen LogP contribution in [0.3, 0.4) is 0 Å². The Kier molecular flexibility index (Phi) is 6.45. The summed E-state index contributed by atoms with van der Waals surface area (Å²) in [6, 6.07) is 21.5. The molecule has 2 aromatic heterocycles. The average molecular weight is 443 g/mol. The first-order valence-electron chi connectivity index (χ1n) is 10.9. The van der Waals surface area contributed by atoms with Crippen molar-refractivity contribution >= 4 is 10.9 Å². The number of nitrogens with zero attached hydrogens (tertiary/aromatic N) is 4. The van der Waals surface area contributed by atoms with E-state index in [-0.39, 0.29) is 24.2 Å². The van der Waals surface area contributed by atoms with E-state index in [0.717, 1.165) is 21.2 Å². The van der Waals surface area contributed by atoms with E-state index in [9.17, 15) is 10.5 Å². The number of fused-ring (bicyclic) bond motifs is 1. The summed E-state index contributed by atoms with van der Waals surface area (Å²) in [7, 11) is 1.46. The third-order valence-electron chi connectivity index (χ3n) is 5.41. The van der Waals surface area contributed by atoms with E-state index < -0.39 is 0 Å². The van der Waals surface area contributed by atoms with Gasteiger partial charge in [0.1, 0.15) is 18.4 Å². The van der Waals surface area contributed by atoms with Crippen molar-refractivity contribution in [2.75, 3.05) is 7.11 Å². The van der Waals surface area contributed by atoms with Crippen molar-refractivity contribution in [2.45, 2.75) is 33.4 Å². The Morgan fingerprint density at radius 2 is 1.85 bits per heavy atom. The highest BCUT2D eigenvalue weighted by Gasteiger charge is 2.28. The molecule has 0 saturated heterocycles. The standard InChI is InChI=1S/C26H26N4O3/c1-18(2)13-24-25(33-17-19-9-5-4-6-10-19)28-22(26(32-3)30(24)31)16-29-21(15-27)14-20-11-7-8-12-23(20)29/h4-12,14,18H,13,16-17H2,1-3H3. The summed E-state index contributed by atoms with van der Waals surface area (Å²) in [5.41, 5.74) is 3.18. The minimum absolute atomic E-state index is 0.111. The molecule has 0 fully saturated rings. The molecule has 0 saturated carbocycles. The van der Waals surface area contributed by atoms with Gasteiger partial charge in [0.25, 0.3) is 11.6 Å². The van der Waals surface area contributed by atoms with E-state index in [4.69, 9.17) is 14.5 Å². The van der Waals surface area contributed by atoms with Crippen LogP contribution in [0.25, 0.3) is 10.9 Å². The second-order valence-electron chi connectivity index (χ2n) is 8.27. The molecule has 0 amide bonds. The molecule has 0 aliphatic heterocycles. The van der Waals surface area contributed by atoms with E-state index in [2.05, 4.69) is 6.07 Å². The van der Waals surface area contributed by atoms with Gasteiger partial charge in [-0.1, -0.05) is 62.4 Å². The van der Waals surface area contributed by atoms with Crippen LogP contribution in [0.5, 0.6) is 11.8 Å². The van der Waals surface area contributed by atoms with Crippen molar-refractivity contribution in [3.63, 3.8) is 0 Å². The summed E-state index contributed by atoms with van der Waals surface area (Å²) in [4.78, 5) is 4.73. The Morgan fingerprint density at radius 3 is 2.55 bits per heavy atom. The minimum atomic E-state index is 0.111. The molecule has 2 aromatic carbocycles. The zero-order valence-corrected chi connectivity index (χ0v) is 19.0. The van der Waals surface area contributed by atoms with Crippen LogP contribution in [0.1, 0.15) is 36.5 Å². The van der Waals surface area contributed by atoms with Crippen molar-refractivity contribution in [2.24, 2.45) is 5.92 Å². The van der Waals surface area contributed by atoms with Crippen LogP contribution in [-0.2, 0) is 19.6 Å². The summed E-state index contributed by atoms with van der Waals surface area (Å²) in [5, 5.41) is 23.9. The fourth-order valence-electron chi connectivity index (χ4n) is 3.89. The number of nitriles is 1. The molecule has 168 valence electrons. The van der Waals surface area contributed by atoms with E-state index in [1.165, 1.54) is 7.11 Å². The SMILES string of the molecule is COc1c(Cn2c(C#N)cc3ccccc32)nc(OCc2ccccc2)c(CC(C)C)[n+]1[O-]. The molecule has 4 aromatic rings. The van der Waals surface area contributed by atoms with Gasteiger partial charge >= 0.3 is 5.88 Å². The Bertz CT molecular complexity index is 1310. The predicted molar refractivity (Wildman–Crippen MR) is 125 cm³/mol. The molecule has 0 radical (unpaired) electrons. The van der Waals surface area contributed by atoms with Gasteiger partial charge in [-0.05, 0) is 23.6 Å². The molecule has 0 aliphatic carbocycles. The van der Waals surface area contributed by atoms with Gasteiger partial charge in [-0.3, -0.25) is 0 Å². The Balaban J connectivity index is 1.79. The largest absolute Gasteiger partial charge is 0.616 e. The van der Waals surface area contributed by atoms with Crippen molar-refractivity contribution in [1.29, 1.82) is 5.26 Å². The summed E-state index contributed by atoms with van der Waals surface area (Å²) >= 11 is 0. The summed E-state index contributed by atoms with van der Waals surface area (Å²) < 4.78 is 14.1. The molecule has 0 aliphatic rings. The second kappa shape index (κ2) is 9.61. The van der Waals surface area contributed by atoms with Gasteiger partial charge in [-0.15, -0.1) is 4.73 Å². The zero-order chi connectivity index (χ0) is 23.4. The number of hydrogen-bond donors (Lipinski definition) is 0. The third-order valence-corrected chi connectivity index (χ3v) is 5.41. The first-order chi connectivity index (χ1) is 16.0. The van der Waals surface area contributed by atoms with Gasteiger partial charge < -0.3 is 19.2 Å². The molecule has 0 spiro atoms. The lowest BCUT2D eigenvalue weighted by molar-refractivity contribution is -0.622. The van der Waals surface area contributed by atoms with E-state index in [0.29, 0.717) is 30.1 Å². The summed E-state index contributed by atoms with van der Waals surface area (Å²) in [6.07, 6.45) is 0.493. The number of para-hydroxylation sites is 1. The zero-order valence-electron chi connectivity index (χ0n) is 19.0. The van der Waals surface area contributed by atoms with Crippen LogP contribution in [-0.4, -0.2) is 16.7 Å². The highest BCUT2D eigenvalue weighted by Crippen LogP contribution is 2.26. The van der Waals surface area contributed by atoms with Gasteiger partial charge in [0, 0.05) is 17.3 Å². The average Bonchev–Trinajstić information content (AvgIpc) is 3.18. The molecule has 0 N–H and O–H groups in total. The van der Waals surface area contributed by atoms with Crippen LogP contribution in [0.15, 0.2) is 60.7 Å². The Morgan fingerprint density at radius 1 is 1.12 bits per heavy atom. The van der Waals surface area contributed by atoms with Gasteiger partial charge in [0.2, 0.25) is 0 Å². The van der Waals surface area contributed by atoms with Gasteiger partial charge in [0.15, 0.2) is 5.69 Å². The van der Waals surface area contributed by atoms with Crippen molar-refractivity contribution < 1.29 is 14.2 Å². The van der Waals surface area contributed by atoms with Crippen molar-refractivity contribution in [3.05, 3.63) is 88.5 Å². The molecule has 0 unspecified atom stereocenters. The molecule has 0 bridgehead atoms. The second-order valence-corrected chi connectivity index (χ2v) is 8.27. The normalized spacial score (nSPS) is 11.0. The monoisotopic (exact) mass is 442 g/mol. The molecular weight excluding hydrogens is 416 g/mol.